The molecule has 7 heteroatoms. The number of rotatable bonds is 4. The number of aromatic nitrogens is 2. The van der Waals surface area contributed by atoms with E-state index >= 15 is 0 Å². The first-order chi connectivity index (χ1) is 14.4. The van der Waals surface area contributed by atoms with Gasteiger partial charge in [-0.2, -0.15) is 0 Å². The Kier molecular flexibility index (Phi) is 6.02. The van der Waals surface area contributed by atoms with Crippen molar-refractivity contribution in [2.24, 2.45) is 0 Å². The number of piperidine rings is 1. The molecule has 0 N–H and O–H groups in total. The highest BCUT2D eigenvalue weighted by molar-refractivity contribution is 7.99. The second-order valence-corrected chi connectivity index (χ2v) is 10.2. The van der Waals surface area contributed by atoms with Crippen molar-refractivity contribution in [3.8, 4) is 5.69 Å². The smallest absolute Gasteiger partial charge is 0.267 e. The number of benzene rings is 1. The average Bonchev–Trinajstić information content (AvgIpc) is 3.00. The van der Waals surface area contributed by atoms with Crippen molar-refractivity contribution in [3.05, 3.63) is 50.6 Å². The van der Waals surface area contributed by atoms with Gasteiger partial charge in [0.1, 0.15) is 4.83 Å². The lowest BCUT2D eigenvalue weighted by Gasteiger charge is -2.33. The first-order valence-corrected chi connectivity index (χ1v) is 12.2. The monoisotopic (exact) mass is 441 g/mol. The lowest BCUT2D eigenvalue weighted by atomic mass is 10.0. The van der Waals surface area contributed by atoms with E-state index in [9.17, 15) is 9.59 Å². The normalized spacial score (nSPS) is 16.9. The van der Waals surface area contributed by atoms with Crippen molar-refractivity contribution in [2.75, 3.05) is 12.3 Å². The number of fused-ring (bicyclic) bond motifs is 1. The molecule has 1 amide bonds. The molecule has 3 aromatic rings. The molecule has 5 nitrogen and oxygen atoms in total. The van der Waals surface area contributed by atoms with Gasteiger partial charge in [0.15, 0.2) is 5.16 Å². The summed E-state index contributed by atoms with van der Waals surface area (Å²) in [6.45, 7) is 8.94. The zero-order chi connectivity index (χ0) is 21.4. The fraction of sp³-hybridized carbons (Fsp3) is 0.435. The number of likely N-dealkylation sites (tertiary alicyclic amines) is 1. The quantitative estimate of drug-likeness (QED) is 0.428. The van der Waals surface area contributed by atoms with Gasteiger partial charge in [0.05, 0.1) is 16.8 Å². The number of carbonyl (C=O) groups is 1. The van der Waals surface area contributed by atoms with Crippen LogP contribution in [0.4, 0.5) is 0 Å². The largest absolute Gasteiger partial charge is 0.339 e. The number of carbonyl (C=O) groups excluding carboxylic acids is 1. The molecular weight excluding hydrogens is 414 g/mol. The Morgan fingerprint density at radius 1 is 1.27 bits per heavy atom. The number of nitrogens with zero attached hydrogens (tertiary/aromatic N) is 3. The van der Waals surface area contributed by atoms with Gasteiger partial charge in [0.25, 0.3) is 5.56 Å². The van der Waals surface area contributed by atoms with E-state index in [1.165, 1.54) is 18.2 Å². The summed E-state index contributed by atoms with van der Waals surface area (Å²) >= 11 is 2.91. The molecule has 1 saturated heterocycles. The van der Waals surface area contributed by atoms with Crippen molar-refractivity contribution in [1.82, 2.24) is 14.5 Å². The van der Waals surface area contributed by atoms with Gasteiger partial charge in [-0.05, 0) is 70.2 Å². The summed E-state index contributed by atoms with van der Waals surface area (Å²) < 4.78 is 1.67. The Labute approximate surface area is 185 Å². The van der Waals surface area contributed by atoms with Crippen LogP contribution in [0.5, 0.6) is 0 Å². The third-order valence-corrected chi connectivity index (χ3v) is 7.90. The van der Waals surface area contributed by atoms with Crippen LogP contribution in [0.2, 0.25) is 0 Å². The second-order valence-electron chi connectivity index (χ2n) is 8.06. The number of thioether (sulfide) groups is 1. The first-order valence-electron chi connectivity index (χ1n) is 10.4. The van der Waals surface area contributed by atoms with Gasteiger partial charge in [0.2, 0.25) is 5.91 Å². The van der Waals surface area contributed by atoms with Gasteiger partial charge in [-0.3, -0.25) is 14.2 Å². The van der Waals surface area contributed by atoms with Gasteiger partial charge in [0, 0.05) is 17.5 Å². The van der Waals surface area contributed by atoms with Crippen LogP contribution in [0.25, 0.3) is 15.9 Å². The van der Waals surface area contributed by atoms with E-state index in [1.54, 1.807) is 15.9 Å². The second kappa shape index (κ2) is 8.55. The number of aryl methyl sites for hydroxylation is 3. The van der Waals surface area contributed by atoms with Crippen LogP contribution >= 0.6 is 23.1 Å². The van der Waals surface area contributed by atoms with Crippen LogP contribution in [-0.4, -0.2) is 38.7 Å². The van der Waals surface area contributed by atoms with Crippen LogP contribution in [-0.2, 0) is 4.79 Å². The molecule has 0 bridgehead atoms. The van der Waals surface area contributed by atoms with Crippen LogP contribution in [0.1, 0.15) is 42.2 Å². The molecule has 1 aromatic carbocycles. The third kappa shape index (κ3) is 3.93. The van der Waals surface area contributed by atoms with E-state index in [-0.39, 0.29) is 23.3 Å². The molecule has 2 aromatic heterocycles. The minimum Gasteiger partial charge on any atom is -0.339 e. The Hall–Kier alpha value is -2.12. The van der Waals surface area contributed by atoms with Crippen molar-refractivity contribution < 1.29 is 4.79 Å². The van der Waals surface area contributed by atoms with Crippen LogP contribution in [0.3, 0.4) is 0 Å². The Morgan fingerprint density at radius 2 is 2.07 bits per heavy atom. The molecule has 1 aliphatic heterocycles. The summed E-state index contributed by atoms with van der Waals surface area (Å²) in [6.07, 6.45) is 3.30. The summed E-state index contributed by atoms with van der Waals surface area (Å²) in [7, 11) is 0. The van der Waals surface area contributed by atoms with Crippen LogP contribution in [0, 0.1) is 20.8 Å². The molecule has 0 aliphatic carbocycles. The zero-order valence-corrected chi connectivity index (χ0v) is 19.5. The standard InChI is InChI=1S/C23H27N3O2S2/c1-14-8-7-10-18(12-14)26-22(28)20-16(3)17(4)30-21(20)24-23(26)29-13-19(27)25-11-6-5-9-15(25)2/h7-8,10,12,15H,5-6,9,11,13H2,1-4H3/t15-/m1/s1. The van der Waals surface area contributed by atoms with Gasteiger partial charge >= 0.3 is 0 Å². The Morgan fingerprint density at radius 3 is 2.80 bits per heavy atom. The highest BCUT2D eigenvalue weighted by atomic mass is 32.2. The maximum Gasteiger partial charge on any atom is 0.267 e. The fourth-order valence-electron chi connectivity index (χ4n) is 4.04. The van der Waals surface area contributed by atoms with Gasteiger partial charge in [-0.1, -0.05) is 23.9 Å². The van der Waals surface area contributed by atoms with E-state index in [0.29, 0.717) is 10.5 Å². The highest BCUT2D eigenvalue weighted by Gasteiger charge is 2.24. The Balaban J connectivity index is 1.75. The van der Waals surface area contributed by atoms with Crippen molar-refractivity contribution in [2.45, 2.75) is 58.2 Å². The highest BCUT2D eigenvalue weighted by Crippen LogP contribution is 2.30. The lowest BCUT2D eigenvalue weighted by Crippen LogP contribution is -2.43. The molecule has 1 aliphatic rings. The van der Waals surface area contributed by atoms with E-state index in [4.69, 9.17) is 4.98 Å². The maximum atomic E-state index is 13.5. The summed E-state index contributed by atoms with van der Waals surface area (Å²) in [5, 5.41) is 1.26. The summed E-state index contributed by atoms with van der Waals surface area (Å²) in [5.74, 6) is 0.410. The molecule has 1 fully saturated rings. The predicted octanol–water partition coefficient (Wildman–Crippen LogP) is 4.87. The summed E-state index contributed by atoms with van der Waals surface area (Å²) in [5.41, 5.74) is 2.79. The fourth-order valence-corrected chi connectivity index (χ4v) is 6.01. The van der Waals surface area contributed by atoms with Crippen molar-refractivity contribution >= 4 is 39.2 Å². The van der Waals surface area contributed by atoms with Gasteiger partial charge < -0.3 is 4.90 Å². The lowest BCUT2D eigenvalue weighted by molar-refractivity contribution is -0.131. The summed E-state index contributed by atoms with van der Waals surface area (Å²) in [6, 6.07) is 8.15. The summed E-state index contributed by atoms with van der Waals surface area (Å²) in [4.78, 5) is 35.1. The molecule has 3 heterocycles. The molecule has 1 atom stereocenters. The van der Waals surface area contributed by atoms with E-state index < -0.39 is 0 Å². The molecule has 0 radical (unpaired) electrons. The molecule has 0 spiro atoms. The van der Waals surface area contributed by atoms with Crippen molar-refractivity contribution in [1.29, 1.82) is 0 Å². The molecular formula is C23H27N3O2S2. The zero-order valence-electron chi connectivity index (χ0n) is 17.9. The molecule has 0 saturated carbocycles. The predicted molar refractivity (Wildman–Crippen MR) is 125 cm³/mol. The van der Waals surface area contributed by atoms with E-state index in [1.807, 2.05) is 49.9 Å². The molecule has 0 unspecified atom stereocenters. The van der Waals surface area contributed by atoms with Crippen LogP contribution in [0.15, 0.2) is 34.2 Å². The average molecular weight is 442 g/mol. The first kappa shape index (κ1) is 21.1. The number of thiophene rings is 1. The van der Waals surface area contributed by atoms with Crippen LogP contribution < -0.4 is 5.56 Å². The number of amides is 1. The SMILES string of the molecule is Cc1cccc(-n2c(SCC(=O)N3CCCC[C@H]3C)nc3sc(C)c(C)c3c2=O)c1. The molecule has 4 rings (SSSR count). The number of hydrogen-bond acceptors (Lipinski definition) is 5. The maximum absolute atomic E-state index is 13.5. The van der Waals surface area contributed by atoms with E-state index in [2.05, 4.69) is 6.92 Å². The minimum absolute atomic E-state index is 0.0614. The third-order valence-electron chi connectivity index (χ3n) is 5.88. The molecule has 30 heavy (non-hydrogen) atoms. The molecule has 158 valence electrons. The topological polar surface area (TPSA) is 55.2 Å². The van der Waals surface area contributed by atoms with Crippen molar-refractivity contribution in [3.63, 3.8) is 0 Å². The Bertz CT molecular complexity index is 1170. The van der Waals surface area contributed by atoms with E-state index in [0.717, 1.165) is 45.9 Å². The minimum atomic E-state index is -0.0614. The van der Waals surface area contributed by atoms with Gasteiger partial charge in [-0.15, -0.1) is 11.3 Å². The van der Waals surface area contributed by atoms with Gasteiger partial charge in [-0.25, -0.2) is 4.98 Å². The number of hydrogen-bond donors (Lipinski definition) is 0.